The van der Waals surface area contributed by atoms with Crippen LogP contribution < -0.4 is 10.6 Å². The van der Waals surface area contributed by atoms with E-state index in [0.29, 0.717) is 11.8 Å². The molecule has 14 heavy (non-hydrogen) atoms. The van der Waals surface area contributed by atoms with Crippen LogP contribution in [0.4, 0.5) is 0 Å². The minimum atomic E-state index is 0.413. The first-order chi connectivity index (χ1) is 6.63. The molecule has 0 amide bonds. The number of rotatable bonds is 3. The summed E-state index contributed by atoms with van der Waals surface area (Å²) in [5, 5.41) is 14.1. The van der Waals surface area contributed by atoms with E-state index >= 15 is 0 Å². The first-order valence-electron chi connectivity index (χ1n) is 5.31. The zero-order valence-corrected chi connectivity index (χ0v) is 9.35. The van der Waals surface area contributed by atoms with Gasteiger partial charge < -0.3 is 16.0 Å². The summed E-state index contributed by atoms with van der Waals surface area (Å²) in [7, 11) is 1.93. The highest BCUT2D eigenvalue weighted by molar-refractivity contribution is 5.90. The molecular formula is C11H21N3. The summed E-state index contributed by atoms with van der Waals surface area (Å²) < 4.78 is 0. The molecule has 0 saturated carbocycles. The van der Waals surface area contributed by atoms with Crippen LogP contribution in [0.1, 0.15) is 26.7 Å². The molecule has 3 heteroatoms. The van der Waals surface area contributed by atoms with Gasteiger partial charge in [0.1, 0.15) is 0 Å². The fraction of sp³-hybridized carbons (Fsp3) is 0.727. The molecule has 0 radical (unpaired) electrons. The summed E-state index contributed by atoms with van der Waals surface area (Å²) in [5.74, 6) is 0.783. The quantitative estimate of drug-likeness (QED) is 0.598. The van der Waals surface area contributed by atoms with Crippen LogP contribution in [0.25, 0.3) is 0 Å². The topological polar surface area (TPSA) is 47.9 Å². The van der Waals surface area contributed by atoms with E-state index < -0.39 is 0 Å². The second-order valence-corrected chi connectivity index (χ2v) is 4.18. The third kappa shape index (κ3) is 3.14. The fourth-order valence-corrected chi connectivity index (χ4v) is 1.84. The van der Waals surface area contributed by atoms with Crippen molar-refractivity contribution in [1.29, 1.82) is 5.41 Å². The first-order valence-corrected chi connectivity index (χ1v) is 5.31. The molecular weight excluding hydrogens is 174 g/mol. The molecule has 0 aliphatic carbocycles. The Labute approximate surface area is 86.5 Å². The summed E-state index contributed by atoms with van der Waals surface area (Å²) in [4.78, 5) is 0. The molecule has 0 aromatic carbocycles. The van der Waals surface area contributed by atoms with E-state index in [1.807, 2.05) is 20.0 Å². The van der Waals surface area contributed by atoms with E-state index in [2.05, 4.69) is 17.6 Å². The standard InChI is InChI=1S/C11H21N3/c1-8-4-5-10(14-7-8)11(13-3)6-9(2)12/h6,8,10,12-14H,4-5,7H2,1-3H3/b11-6-,12-9?/t8-,10+/m0/s1. The zero-order chi connectivity index (χ0) is 10.6. The summed E-state index contributed by atoms with van der Waals surface area (Å²) in [6.07, 6.45) is 4.35. The molecule has 0 bridgehead atoms. The molecule has 1 aliphatic heterocycles. The lowest BCUT2D eigenvalue weighted by Gasteiger charge is -2.29. The minimum absolute atomic E-state index is 0.413. The summed E-state index contributed by atoms with van der Waals surface area (Å²) >= 11 is 0. The van der Waals surface area contributed by atoms with Gasteiger partial charge in [-0.25, -0.2) is 0 Å². The second kappa shape index (κ2) is 5.15. The average molecular weight is 195 g/mol. The maximum atomic E-state index is 7.44. The Balaban J connectivity index is 2.57. The molecule has 80 valence electrons. The van der Waals surface area contributed by atoms with Crippen LogP contribution in [0.2, 0.25) is 0 Å². The lowest BCUT2D eigenvalue weighted by Crippen LogP contribution is -2.42. The molecule has 2 atom stereocenters. The monoisotopic (exact) mass is 195 g/mol. The Morgan fingerprint density at radius 3 is 2.64 bits per heavy atom. The van der Waals surface area contributed by atoms with Gasteiger partial charge in [0.05, 0.1) is 0 Å². The van der Waals surface area contributed by atoms with Gasteiger partial charge in [0.25, 0.3) is 0 Å². The van der Waals surface area contributed by atoms with Crippen molar-refractivity contribution in [3.63, 3.8) is 0 Å². The number of nitrogens with one attached hydrogen (secondary N) is 3. The predicted molar refractivity (Wildman–Crippen MR) is 60.7 cm³/mol. The predicted octanol–water partition coefficient (Wildman–Crippen LogP) is 1.52. The molecule has 1 aliphatic rings. The van der Waals surface area contributed by atoms with Gasteiger partial charge in [0, 0.05) is 24.5 Å². The molecule has 0 aromatic rings. The fourth-order valence-electron chi connectivity index (χ4n) is 1.84. The largest absolute Gasteiger partial charge is 0.390 e. The molecule has 3 nitrogen and oxygen atoms in total. The second-order valence-electron chi connectivity index (χ2n) is 4.18. The van der Waals surface area contributed by atoms with Crippen LogP contribution in [0, 0.1) is 11.3 Å². The van der Waals surface area contributed by atoms with E-state index in [4.69, 9.17) is 5.41 Å². The molecule has 0 unspecified atom stereocenters. The van der Waals surface area contributed by atoms with Gasteiger partial charge >= 0.3 is 0 Å². The van der Waals surface area contributed by atoms with Crippen molar-refractivity contribution < 1.29 is 0 Å². The Morgan fingerprint density at radius 2 is 2.21 bits per heavy atom. The van der Waals surface area contributed by atoms with Gasteiger partial charge in [0.2, 0.25) is 0 Å². The summed E-state index contributed by atoms with van der Waals surface area (Å²) in [6.45, 7) is 5.16. The van der Waals surface area contributed by atoms with Gasteiger partial charge in [-0.15, -0.1) is 0 Å². The Kier molecular flexibility index (Phi) is 4.14. The minimum Gasteiger partial charge on any atom is -0.390 e. The van der Waals surface area contributed by atoms with E-state index in [-0.39, 0.29) is 0 Å². The molecule has 1 heterocycles. The summed E-state index contributed by atoms with van der Waals surface area (Å²) in [6, 6.07) is 0.413. The Hall–Kier alpha value is -0.830. The van der Waals surface area contributed by atoms with Crippen LogP contribution in [-0.4, -0.2) is 25.3 Å². The maximum absolute atomic E-state index is 7.44. The SMILES string of the molecule is CN/C(=C\C(C)=N)[C@H]1CC[C@H](C)CN1. The third-order valence-corrected chi connectivity index (χ3v) is 2.70. The van der Waals surface area contributed by atoms with E-state index in [1.54, 1.807) is 0 Å². The lowest BCUT2D eigenvalue weighted by molar-refractivity contribution is 0.347. The molecule has 0 aromatic heterocycles. The van der Waals surface area contributed by atoms with Gasteiger partial charge in [-0.1, -0.05) is 6.92 Å². The van der Waals surface area contributed by atoms with Gasteiger partial charge in [-0.2, -0.15) is 0 Å². The average Bonchev–Trinajstić information content (AvgIpc) is 2.15. The Morgan fingerprint density at radius 1 is 1.50 bits per heavy atom. The van der Waals surface area contributed by atoms with Crippen molar-refractivity contribution in [3.8, 4) is 0 Å². The highest BCUT2D eigenvalue weighted by Crippen LogP contribution is 2.17. The molecule has 1 fully saturated rings. The van der Waals surface area contributed by atoms with Gasteiger partial charge in [-0.3, -0.25) is 0 Å². The van der Waals surface area contributed by atoms with E-state index in [1.165, 1.54) is 12.8 Å². The smallest absolute Gasteiger partial charge is 0.0470 e. The normalized spacial score (nSPS) is 28.6. The number of likely N-dealkylation sites (N-methyl/N-ethyl adjacent to an activating group) is 1. The van der Waals surface area contributed by atoms with Crippen molar-refractivity contribution in [2.24, 2.45) is 5.92 Å². The number of hydrogen-bond acceptors (Lipinski definition) is 3. The van der Waals surface area contributed by atoms with Crippen molar-refractivity contribution in [2.75, 3.05) is 13.6 Å². The van der Waals surface area contributed by atoms with Crippen LogP contribution in [-0.2, 0) is 0 Å². The van der Waals surface area contributed by atoms with Crippen molar-refractivity contribution in [3.05, 3.63) is 11.8 Å². The van der Waals surface area contributed by atoms with Crippen molar-refractivity contribution >= 4 is 5.71 Å². The third-order valence-electron chi connectivity index (χ3n) is 2.70. The molecule has 0 spiro atoms. The maximum Gasteiger partial charge on any atom is 0.0470 e. The van der Waals surface area contributed by atoms with E-state index in [0.717, 1.165) is 18.2 Å². The first kappa shape index (κ1) is 11.2. The van der Waals surface area contributed by atoms with Crippen LogP contribution in [0.15, 0.2) is 11.8 Å². The highest BCUT2D eigenvalue weighted by atomic mass is 15.0. The number of hydrogen-bond donors (Lipinski definition) is 3. The van der Waals surface area contributed by atoms with Crippen molar-refractivity contribution in [2.45, 2.75) is 32.7 Å². The van der Waals surface area contributed by atoms with Gasteiger partial charge in [0.15, 0.2) is 0 Å². The van der Waals surface area contributed by atoms with Gasteiger partial charge in [-0.05, 0) is 38.3 Å². The van der Waals surface area contributed by atoms with Crippen molar-refractivity contribution in [1.82, 2.24) is 10.6 Å². The summed E-state index contributed by atoms with van der Waals surface area (Å²) in [5.41, 5.74) is 1.75. The van der Waals surface area contributed by atoms with Crippen LogP contribution in [0.5, 0.6) is 0 Å². The number of piperidine rings is 1. The number of allylic oxidation sites excluding steroid dienone is 1. The zero-order valence-electron chi connectivity index (χ0n) is 9.35. The van der Waals surface area contributed by atoms with Crippen LogP contribution >= 0.6 is 0 Å². The van der Waals surface area contributed by atoms with Crippen LogP contribution in [0.3, 0.4) is 0 Å². The van der Waals surface area contributed by atoms with E-state index in [9.17, 15) is 0 Å². The Bertz CT molecular complexity index is 225. The molecule has 1 rings (SSSR count). The highest BCUT2D eigenvalue weighted by Gasteiger charge is 2.19. The molecule has 3 N–H and O–H groups in total. The lowest BCUT2D eigenvalue weighted by atomic mass is 9.94. The molecule has 1 saturated heterocycles.